The third-order valence-corrected chi connectivity index (χ3v) is 3.01. The minimum absolute atomic E-state index is 0.0234. The zero-order chi connectivity index (χ0) is 11.0. The predicted molar refractivity (Wildman–Crippen MR) is 57.9 cm³/mol. The molecule has 1 unspecified atom stereocenters. The minimum atomic E-state index is -0.505. The first-order valence-electron chi connectivity index (χ1n) is 4.88. The summed E-state index contributed by atoms with van der Waals surface area (Å²) in [6, 6.07) is 2.48. The standard InChI is InChI=1S/C12H11ClF2/c1-7-4-10(12(15)6-11(7)14)8-2-3-9(13)5-8/h4-6,9H,2-3H2,1H3. The summed E-state index contributed by atoms with van der Waals surface area (Å²) in [5.41, 5.74) is 1.83. The fourth-order valence-electron chi connectivity index (χ4n) is 1.81. The molecule has 0 N–H and O–H groups in total. The van der Waals surface area contributed by atoms with E-state index in [0.29, 0.717) is 11.1 Å². The SMILES string of the molecule is Cc1cc(C2=CC(Cl)CC2)c(F)cc1F. The number of rotatable bonds is 1. The molecule has 2 rings (SSSR count). The van der Waals surface area contributed by atoms with Gasteiger partial charge in [0.2, 0.25) is 0 Å². The molecule has 80 valence electrons. The van der Waals surface area contributed by atoms with Gasteiger partial charge < -0.3 is 0 Å². The number of halogens is 3. The highest BCUT2D eigenvalue weighted by Gasteiger charge is 2.18. The Morgan fingerprint density at radius 3 is 2.60 bits per heavy atom. The molecule has 15 heavy (non-hydrogen) atoms. The number of benzene rings is 1. The largest absolute Gasteiger partial charge is 0.207 e. The molecule has 0 nitrogen and oxygen atoms in total. The van der Waals surface area contributed by atoms with Crippen LogP contribution in [0.4, 0.5) is 8.78 Å². The monoisotopic (exact) mass is 228 g/mol. The van der Waals surface area contributed by atoms with E-state index in [1.54, 1.807) is 13.0 Å². The van der Waals surface area contributed by atoms with Crippen molar-refractivity contribution in [2.24, 2.45) is 0 Å². The molecule has 1 aliphatic rings. The van der Waals surface area contributed by atoms with Crippen LogP contribution in [0.15, 0.2) is 18.2 Å². The van der Waals surface area contributed by atoms with E-state index in [0.717, 1.165) is 24.5 Å². The van der Waals surface area contributed by atoms with E-state index in [2.05, 4.69) is 0 Å². The molecule has 0 saturated heterocycles. The summed E-state index contributed by atoms with van der Waals surface area (Å²) in [6.07, 6.45) is 3.43. The second-order valence-electron chi connectivity index (χ2n) is 3.83. The van der Waals surface area contributed by atoms with E-state index in [-0.39, 0.29) is 5.38 Å². The molecule has 0 aliphatic heterocycles. The highest BCUT2D eigenvalue weighted by atomic mass is 35.5. The van der Waals surface area contributed by atoms with Crippen LogP contribution in [0.25, 0.3) is 5.57 Å². The van der Waals surface area contributed by atoms with Crippen LogP contribution < -0.4 is 0 Å². The van der Waals surface area contributed by atoms with Crippen LogP contribution in [0.3, 0.4) is 0 Å². The van der Waals surface area contributed by atoms with Crippen LogP contribution in [0.1, 0.15) is 24.0 Å². The number of hydrogen-bond acceptors (Lipinski definition) is 0. The van der Waals surface area contributed by atoms with Gasteiger partial charge in [-0.3, -0.25) is 0 Å². The maximum Gasteiger partial charge on any atom is 0.133 e. The second kappa shape index (κ2) is 3.93. The summed E-state index contributed by atoms with van der Waals surface area (Å²) in [7, 11) is 0. The Hall–Kier alpha value is -0.890. The molecule has 1 aromatic carbocycles. The van der Waals surface area contributed by atoms with Gasteiger partial charge in [-0.15, -0.1) is 11.6 Å². The van der Waals surface area contributed by atoms with Gasteiger partial charge in [0.25, 0.3) is 0 Å². The lowest BCUT2D eigenvalue weighted by molar-refractivity contribution is 0.575. The van der Waals surface area contributed by atoms with Crippen molar-refractivity contribution in [2.75, 3.05) is 0 Å². The van der Waals surface area contributed by atoms with Crippen LogP contribution in [0, 0.1) is 18.6 Å². The molecule has 1 aromatic rings. The smallest absolute Gasteiger partial charge is 0.133 e. The lowest BCUT2D eigenvalue weighted by atomic mass is 10.0. The Balaban J connectivity index is 2.45. The van der Waals surface area contributed by atoms with Crippen LogP contribution >= 0.6 is 11.6 Å². The summed E-state index contributed by atoms with van der Waals surface area (Å²) < 4.78 is 26.5. The molecule has 3 heteroatoms. The van der Waals surface area contributed by atoms with Crippen molar-refractivity contribution in [3.8, 4) is 0 Å². The summed E-state index contributed by atoms with van der Waals surface area (Å²) in [5.74, 6) is -1.01. The van der Waals surface area contributed by atoms with E-state index >= 15 is 0 Å². The Labute approximate surface area is 92.6 Å². The van der Waals surface area contributed by atoms with E-state index in [4.69, 9.17) is 11.6 Å². The molecular formula is C12H11ClF2. The highest BCUT2D eigenvalue weighted by Crippen LogP contribution is 2.32. The van der Waals surface area contributed by atoms with Gasteiger partial charge in [0, 0.05) is 11.6 Å². The van der Waals surface area contributed by atoms with Gasteiger partial charge >= 0.3 is 0 Å². The first kappa shape index (κ1) is 10.6. The molecule has 0 bridgehead atoms. The van der Waals surface area contributed by atoms with Gasteiger partial charge in [0.1, 0.15) is 11.6 Å². The van der Waals surface area contributed by atoms with Crippen LogP contribution in [0.2, 0.25) is 0 Å². The average molecular weight is 229 g/mol. The maximum absolute atomic E-state index is 13.5. The van der Waals surface area contributed by atoms with Crippen LogP contribution in [0.5, 0.6) is 0 Å². The van der Waals surface area contributed by atoms with E-state index < -0.39 is 11.6 Å². The fourth-order valence-corrected chi connectivity index (χ4v) is 2.07. The van der Waals surface area contributed by atoms with Gasteiger partial charge in [0.05, 0.1) is 5.38 Å². The topological polar surface area (TPSA) is 0 Å². The predicted octanol–water partition coefficient (Wildman–Crippen LogP) is 4.06. The lowest BCUT2D eigenvalue weighted by Gasteiger charge is -2.06. The van der Waals surface area contributed by atoms with E-state index in [1.807, 2.05) is 6.08 Å². The van der Waals surface area contributed by atoms with Crippen molar-refractivity contribution in [3.05, 3.63) is 41.0 Å². The fraction of sp³-hybridized carbons (Fsp3) is 0.333. The summed E-state index contributed by atoms with van der Waals surface area (Å²) in [5, 5.41) is -0.0234. The highest BCUT2D eigenvalue weighted by molar-refractivity contribution is 6.22. The van der Waals surface area contributed by atoms with Gasteiger partial charge in [0.15, 0.2) is 0 Å². The van der Waals surface area contributed by atoms with Crippen molar-refractivity contribution in [1.82, 2.24) is 0 Å². The summed E-state index contributed by atoms with van der Waals surface area (Å²) in [6.45, 7) is 1.63. The molecular weight excluding hydrogens is 218 g/mol. The summed E-state index contributed by atoms with van der Waals surface area (Å²) in [4.78, 5) is 0. The molecule has 0 radical (unpaired) electrons. The van der Waals surface area contributed by atoms with E-state index in [9.17, 15) is 8.78 Å². The third-order valence-electron chi connectivity index (χ3n) is 2.67. The van der Waals surface area contributed by atoms with Gasteiger partial charge in [-0.1, -0.05) is 6.08 Å². The van der Waals surface area contributed by atoms with Crippen molar-refractivity contribution >= 4 is 17.2 Å². The number of aryl methyl sites for hydroxylation is 1. The van der Waals surface area contributed by atoms with Crippen molar-refractivity contribution in [2.45, 2.75) is 25.1 Å². The molecule has 1 aliphatic carbocycles. The first-order valence-corrected chi connectivity index (χ1v) is 5.32. The summed E-state index contributed by atoms with van der Waals surface area (Å²) >= 11 is 5.91. The van der Waals surface area contributed by atoms with Crippen LogP contribution in [-0.4, -0.2) is 5.38 Å². The van der Waals surface area contributed by atoms with Crippen molar-refractivity contribution < 1.29 is 8.78 Å². The van der Waals surface area contributed by atoms with Crippen LogP contribution in [-0.2, 0) is 0 Å². The molecule has 0 saturated carbocycles. The van der Waals surface area contributed by atoms with Crippen molar-refractivity contribution in [1.29, 1.82) is 0 Å². The van der Waals surface area contributed by atoms with Gasteiger partial charge in [-0.05, 0) is 37.0 Å². The molecule has 0 spiro atoms. The molecule has 0 fully saturated rings. The third kappa shape index (κ3) is 2.05. The Bertz CT molecular complexity index is 424. The minimum Gasteiger partial charge on any atom is -0.207 e. The number of alkyl halides is 1. The quantitative estimate of drug-likeness (QED) is 0.636. The lowest BCUT2D eigenvalue weighted by Crippen LogP contribution is -1.92. The Morgan fingerprint density at radius 2 is 2.00 bits per heavy atom. The van der Waals surface area contributed by atoms with Gasteiger partial charge in [-0.25, -0.2) is 8.78 Å². The number of allylic oxidation sites excluding steroid dienone is 2. The maximum atomic E-state index is 13.5. The second-order valence-corrected chi connectivity index (χ2v) is 4.39. The molecule has 0 aromatic heterocycles. The first-order chi connectivity index (χ1) is 7.08. The van der Waals surface area contributed by atoms with Gasteiger partial charge in [-0.2, -0.15) is 0 Å². The number of hydrogen-bond donors (Lipinski definition) is 0. The Morgan fingerprint density at radius 1 is 1.27 bits per heavy atom. The molecule has 0 heterocycles. The molecule has 0 amide bonds. The Kier molecular flexibility index (Phi) is 2.79. The normalized spacial score (nSPS) is 20.5. The zero-order valence-corrected chi connectivity index (χ0v) is 9.11. The average Bonchev–Trinajstić information content (AvgIpc) is 2.58. The van der Waals surface area contributed by atoms with E-state index in [1.165, 1.54) is 0 Å². The molecule has 1 atom stereocenters. The zero-order valence-electron chi connectivity index (χ0n) is 8.36. The van der Waals surface area contributed by atoms with Crippen molar-refractivity contribution in [3.63, 3.8) is 0 Å².